The lowest BCUT2D eigenvalue weighted by molar-refractivity contribution is -0.110. The van der Waals surface area contributed by atoms with Crippen LogP contribution in [0, 0.1) is 0 Å². The number of anilines is 2. The zero-order valence-corrected chi connectivity index (χ0v) is 19.1. The Morgan fingerprint density at radius 2 is 1.82 bits per heavy atom. The van der Waals surface area contributed by atoms with Crippen molar-refractivity contribution in [2.45, 2.75) is 6.42 Å². The SMILES string of the molecule is COc1ccc(CCNc2nc3c4c(ccc3[nH]2)NC(=O)C4=Cc2[nH]ccc2OC)cc1OC. The first-order valence-corrected chi connectivity index (χ1v) is 10.8. The van der Waals surface area contributed by atoms with Gasteiger partial charge in [-0.15, -0.1) is 0 Å². The van der Waals surface area contributed by atoms with Crippen molar-refractivity contribution in [2.24, 2.45) is 0 Å². The van der Waals surface area contributed by atoms with Gasteiger partial charge < -0.3 is 34.8 Å². The van der Waals surface area contributed by atoms with Crippen molar-refractivity contribution in [1.29, 1.82) is 0 Å². The molecule has 0 fully saturated rings. The number of aromatic nitrogens is 3. The van der Waals surface area contributed by atoms with Crippen LogP contribution in [0.3, 0.4) is 0 Å². The van der Waals surface area contributed by atoms with E-state index in [1.165, 1.54) is 0 Å². The summed E-state index contributed by atoms with van der Waals surface area (Å²) in [6.07, 6.45) is 4.33. The van der Waals surface area contributed by atoms with Gasteiger partial charge >= 0.3 is 0 Å². The van der Waals surface area contributed by atoms with Gasteiger partial charge in [-0.25, -0.2) is 4.98 Å². The first-order chi connectivity index (χ1) is 16.6. The minimum Gasteiger partial charge on any atom is -0.495 e. The highest BCUT2D eigenvalue weighted by Crippen LogP contribution is 2.39. The van der Waals surface area contributed by atoms with Crippen molar-refractivity contribution < 1.29 is 19.0 Å². The molecular formula is C25H25N5O4. The van der Waals surface area contributed by atoms with Crippen LogP contribution in [0.5, 0.6) is 17.2 Å². The number of hydrogen-bond acceptors (Lipinski definition) is 6. The van der Waals surface area contributed by atoms with Gasteiger partial charge in [0.2, 0.25) is 5.95 Å². The third kappa shape index (κ3) is 3.81. The molecule has 0 atom stereocenters. The summed E-state index contributed by atoms with van der Waals surface area (Å²) in [5.41, 5.74) is 5.43. The minimum absolute atomic E-state index is 0.176. The summed E-state index contributed by atoms with van der Waals surface area (Å²) in [7, 11) is 4.84. The van der Waals surface area contributed by atoms with Gasteiger partial charge in [-0.1, -0.05) is 6.07 Å². The van der Waals surface area contributed by atoms with E-state index in [4.69, 9.17) is 19.2 Å². The standard InChI is InChI=1S/C25H25N5O4/c1-32-19-9-11-26-18(19)13-15-22-16(28-24(15)31)5-6-17-23(22)30-25(29-17)27-10-8-14-4-7-20(33-2)21(12-14)34-3/h4-7,9,11-13,26H,8,10H2,1-3H3,(H,28,31)(H2,27,29,30). The number of ether oxygens (including phenoxy) is 3. The van der Waals surface area contributed by atoms with Crippen LogP contribution in [0.4, 0.5) is 11.6 Å². The number of hydrogen-bond donors (Lipinski definition) is 4. The summed E-state index contributed by atoms with van der Waals surface area (Å²) in [6, 6.07) is 11.5. The number of carbonyl (C=O) groups is 1. The summed E-state index contributed by atoms with van der Waals surface area (Å²) >= 11 is 0. The third-order valence-corrected chi connectivity index (χ3v) is 5.82. The van der Waals surface area contributed by atoms with Crippen LogP contribution in [-0.4, -0.2) is 48.7 Å². The minimum atomic E-state index is -0.176. The molecule has 1 aliphatic heterocycles. The number of imidazole rings is 1. The molecule has 0 saturated heterocycles. The quantitative estimate of drug-likeness (QED) is 0.296. The highest BCUT2D eigenvalue weighted by molar-refractivity contribution is 6.37. The Morgan fingerprint density at radius 3 is 2.62 bits per heavy atom. The first-order valence-electron chi connectivity index (χ1n) is 10.8. The second-order valence-electron chi connectivity index (χ2n) is 7.81. The molecule has 174 valence electrons. The van der Waals surface area contributed by atoms with Crippen molar-refractivity contribution in [3.8, 4) is 17.2 Å². The fourth-order valence-corrected chi connectivity index (χ4v) is 4.14. The zero-order chi connectivity index (χ0) is 23.7. The molecular weight excluding hydrogens is 434 g/mol. The number of fused-ring (bicyclic) bond motifs is 3. The number of benzene rings is 2. The largest absolute Gasteiger partial charge is 0.495 e. The Bertz CT molecular complexity index is 1400. The molecule has 1 amide bonds. The fraction of sp³-hybridized carbons (Fsp3) is 0.200. The van der Waals surface area contributed by atoms with Crippen molar-refractivity contribution in [2.75, 3.05) is 38.5 Å². The van der Waals surface area contributed by atoms with Gasteiger partial charge in [0.15, 0.2) is 11.5 Å². The number of methoxy groups -OCH3 is 3. The number of aromatic amines is 2. The van der Waals surface area contributed by atoms with Crippen LogP contribution in [0.25, 0.3) is 22.7 Å². The van der Waals surface area contributed by atoms with Crippen molar-refractivity contribution in [3.05, 3.63) is 59.4 Å². The summed E-state index contributed by atoms with van der Waals surface area (Å²) < 4.78 is 16.0. The molecule has 3 heterocycles. The highest BCUT2D eigenvalue weighted by atomic mass is 16.5. The average Bonchev–Trinajstić information content (AvgIpc) is 3.56. The normalized spacial score (nSPS) is 13.7. The average molecular weight is 460 g/mol. The predicted molar refractivity (Wildman–Crippen MR) is 132 cm³/mol. The lowest BCUT2D eigenvalue weighted by atomic mass is 10.0. The van der Waals surface area contributed by atoms with Gasteiger partial charge in [-0.3, -0.25) is 4.79 Å². The van der Waals surface area contributed by atoms with Crippen LogP contribution in [0.2, 0.25) is 0 Å². The van der Waals surface area contributed by atoms with E-state index in [2.05, 4.69) is 20.6 Å². The third-order valence-electron chi connectivity index (χ3n) is 5.82. The van der Waals surface area contributed by atoms with Gasteiger partial charge in [0.05, 0.1) is 43.8 Å². The van der Waals surface area contributed by atoms with Crippen LogP contribution in [0.15, 0.2) is 42.6 Å². The van der Waals surface area contributed by atoms with Crippen LogP contribution < -0.4 is 24.8 Å². The molecule has 4 aromatic rings. The van der Waals surface area contributed by atoms with E-state index < -0.39 is 0 Å². The molecule has 9 heteroatoms. The Hall–Kier alpha value is -4.40. The van der Waals surface area contributed by atoms with Crippen LogP contribution >= 0.6 is 0 Å². The second-order valence-corrected chi connectivity index (χ2v) is 7.81. The number of amides is 1. The molecule has 1 aliphatic rings. The van der Waals surface area contributed by atoms with E-state index in [0.717, 1.165) is 40.0 Å². The van der Waals surface area contributed by atoms with Crippen LogP contribution in [-0.2, 0) is 11.2 Å². The topological polar surface area (TPSA) is 113 Å². The molecule has 0 saturated carbocycles. The van der Waals surface area contributed by atoms with Crippen molar-refractivity contribution in [3.63, 3.8) is 0 Å². The maximum atomic E-state index is 12.7. The van der Waals surface area contributed by atoms with E-state index in [-0.39, 0.29) is 5.91 Å². The molecule has 4 N–H and O–H groups in total. The number of H-pyrrole nitrogens is 2. The van der Waals surface area contributed by atoms with Crippen LogP contribution in [0.1, 0.15) is 16.8 Å². The Kier molecular flexibility index (Phi) is 5.59. The molecule has 0 bridgehead atoms. The molecule has 0 spiro atoms. The lowest BCUT2D eigenvalue weighted by Gasteiger charge is -2.09. The number of nitrogens with zero attached hydrogens (tertiary/aromatic N) is 1. The first kappa shape index (κ1) is 21.4. The van der Waals surface area contributed by atoms with Crippen molar-refractivity contribution in [1.82, 2.24) is 15.0 Å². The zero-order valence-electron chi connectivity index (χ0n) is 19.1. The number of carbonyl (C=O) groups excluding carboxylic acids is 1. The molecule has 9 nitrogen and oxygen atoms in total. The molecule has 0 radical (unpaired) electrons. The van der Waals surface area contributed by atoms with Crippen molar-refractivity contribution >= 4 is 40.2 Å². The smallest absolute Gasteiger partial charge is 0.256 e. The Labute approximate surface area is 196 Å². The maximum absolute atomic E-state index is 12.7. The Morgan fingerprint density at radius 1 is 1.00 bits per heavy atom. The fourth-order valence-electron chi connectivity index (χ4n) is 4.14. The van der Waals surface area contributed by atoms with E-state index in [0.29, 0.717) is 35.3 Å². The highest BCUT2D eigenvalue weighted by Gasteiger charge is 2.28. The van der Waals surface area contributed by atoms with E-state index >= 15 is 0 Å². The molecule has 5 rings (SSSR count). The molecule has 34 heavy (non-hydrogen) atoms. The number of nitrogens with one attached hydrogen (secondary N) is 4. The van der Waals surface area contributed by atoms with Gasteiger partial charge in [0, 0.05) is 18.3 Å². The molecule has 0 unspecified atom stereocenters. The molecule has 2 aromatic heterocycles. The van der Waals surface area contributed by atoms with E-state index in [1.54, 1.807) is 33.6 Å². The summed E-state index contributed by atoms with van der Waals surface area (Å²) in [6.45, 7) is 0.664. The predicted octanol–water partition coefficient (Wildman–Crippen LogP) is 4.06. The summed E-state index contributed by atoms with van der Waals surface area (Å²) in [5, 5.41) is 6.27. The second kappa shape index (κ2) is 8.86. The molecule has 2 aromatic carbocycles. The van der Waals surface area contributed by atoms with E-state index in [1.807, 2.05) is 36.4 Å². The van der Waals surface area contributed by atoms with Gasteiger partial charge in [-0.2, -0.15) is 0 Å². The van der Waals surface area contributed by atoms with Gasteiger partial charge in [0.1, 0.15) is 11.3 Å². The monoisotopic (exact) mass is 459 g/mol. The maximum Gasteiger partial charge on any atom is 0.256 e. The van der Waals surface area contributed by atoms with E-state index in [9.17, 15) is 4.79 Å². The lowest BCUT2D eigenvalue weighted by Crippen LogP contribution is -2.06. The number of rotatable bonds is 8. The summed E-state index contributed by atoms with van der Waals surface area (Å²) in [4.78, 5) is 23.9. The summed E-state index contributed by atoms with van der Waals surface area (Å²) in [5.74, 6) is 2.54. The van der Waals surface area contributed by atoms with Gasteiger partial charge in [0.25, 0.3) is 5.91 Å². The Balaban J connectivity index is 1.39. The van der Waals surface area contributed by atoms with Gasteiger partial charge in [-0.05, 0) is 48.4 Å². The molecule has 0 aliphatic carbocycles.